The highest BCUT2D eigenvalue weighted by Gasteiger charge is 2.39. The molecular weight excluding hydrogens is 482 g/mol. The van der Waals surface area contributed by atoms with Crippen molar-refractivity contribution in [1.29, 1.82) is 0 Å². The third-order valence-electron chi connectivity index (χ3n) is 11.6. The molecule has 5 saturated carbocycles. The van der Waals surface area contributed by atoms with Crippen molar-refractivity contribution in [3.8, 4) is 0 Å². The molecule has 0 bridgehead atoms. The van der Waals surface area contributed by atoms with Crippen molar-refractivity contribution in [3.05, 3.63) is 12.2 Å². The Bertz CT molecular complexity index is 759. The van der Waals surface area contributed by atoms with Crippen molar-refractivity contribution in [3.63, 3.8) is 0 Å². The molecule has 4 heteroatoms. The minimum absolute atomic E-state index is 0.0461. The first kappa shape index (κ1) is 29.6. The molecule has 0 amide bonds. The van der Waals surface area contributed by atoms with E-state index in [9.17, 15) is 4.79 Å². The third kappa shape index (κ3) is 8.12. The van der Waals surface area contributed by atoms with E-state index in [0.29, 0.717) is 17.8 Å². The van der Waals surface area contributed by atoms with E-state index in [1.54, 1.807) is 6.92 Å². The lowest BCUT2D eigenvalue weighted by Crippen LogP contribution is -2.53. The summed E-state index contributed by atoms with van der Waals surface area (Å²) in [6.07, 6.45) is 29.0. The van der Waals surface area contributed by atoms with Gasteiger partial charge in [0.2, 0.25) is 0 Å². The summed E-state index contributed by atoms with van der Waals surface area (Å²) in [5, 5.41) is 0. The molecule has 39 heavy (non-hydrogen) atoms. The van der Waals surface area contributed by atoms with Gasteiger partial charge < -0.3 is 9.47 Å². The van der Waals surface area contributed by atoms with Gasteiger partial charge in [0.05, 0.1) is 12.2 Å². The van der Waals surface area contributed by atoms with E-state index in [1.165, 1.54) is 109 Å². The molecule has 0 N–H and O–H groups in total. The lowest BCUT2D eigenvalue weighted by atomic mass is 9.71. The first-order valence-electron chi connectivity index (χ1n) is 17.3. The number of ether oxygens (including phenoxy) is 2. The predicted octanol–water partition coefficient (Wildman–Crippen LogP) is 8.76. The Kier molecular flexibility index (Phi) is 10.9. The Labute approximate surface area is 240 Å². The van der Waals surface area contributed by atoms with Crippen LogP contribution in [0.4, 0.5) is 0 Å². The second-order valence-corrected chi connectivity index (χ2v) is 14.5. The smallest absolute Gasteiger partial charge is 0.333 e. The van der Waals surface area contributed by atoms with Gasteiger partial charge in [0.25, 0.3) is 0 Å². The van der Waals surface area contributed by atoms with Crippen LogP contribution in [-0.4, -0.2) is 47.3 Å². The van der Waals surface area contributed by atoms with E-state index in [0.717, 1.165) is 61.6 Å². The fourth-order valence-electron chi connectivity index (χ4n) is 9.20. The van der Waals surface area contributed by atoms with Gasteiger partial charge in [0.15, 0.2) is 0 Å². The quantitative estimate of drug-likeness (QED) is 0.227. The van der Waals surface area contributed by atoms with Gasteiger partial charge in [-0.3, -0.25) is 4.90 Å². The zero-order valence-electron chi connectivity index (χ0n) is 25.4. The number of hydrogen-bond acceptors (Lipinski definition) is 4. The number of nitrogens with zero attached hydrogens (tertiary/aromatic N) is 1. The van der Waals surface area contributed by atoms with Crippen LogP contribution in [-0.2, 0) is 14.3 Å². The molecule has 5 aliphatic rings. The first-order valence-corrected chi connectivity index (χ1v) is 17.3. The molecule has 222 valence electrons. The van der Waals surface area contributed by atoms with Gasteiger partial charge >= 0.3 is 5.97 Å². The van der Waals surface area contributed by atoms with Crippen molar-refractivity contribution in [2.45, 2.75) is 185 Å². The summed E-state index contributed by atoms with van der Waals surface area (Å²) in [4.78, 5) is 15.0. The molecule has 5 aliphatic carbocycles. The summed E-state index contributed by atoms with van der Waals surface area (Å²) in [7, 11) is 0. The zero-order valence-corrected chi connectivity index (χ0v) is 25.4. The van der Waals surface area contributed by atoms with Gasteiger partial charge in [-0.2, -0.15) is 0 Å². The molecule has 0 saturated heterocycles. The Hall–Kier alpha value is -0.870. The molecule has 0 atom stereocenters. The fourth-order valence-corrected chi connectivity index (χ4v) is 9.20. The lowest BCUT2D eigenvalue weighted by Gasteiger charge is -2.50. The summed E-state index contributed by atoms with van der Waals surface area (Å²) in [6.45, 7) is 7.91. The summed E-state index contributed by atoms with van der Waals surface area (Å²) in [5.41, 5.74) is 0.499. The zero-order chi connectivity index (χ0) is 27.2. The lowest BCUT2D eigenvalue weighted by molar-refractivity contribution is -0.148. The average molecular weight is 542 g/mol. The first-order chi connectivity index (χ1) is 19.0. The SMILES string of the molecule is C=C(C)C(=O)OC1CCC(OC2CCC(N(C3CCC(C)CC3)C3CCC(C4CCCCC4)CC3)CC2)CC1. The molecule has 0 unspecified atom stereocenters. The maximum Gasteiger partial charge on any atom is 0.333 e. The average Bonchev–Trinajstić information content (AvgIpc) is 2.97. The molecule has 0 aromatic heterocycles. The monoisotopic (exact) mass is 541 g/mol. The second kappa shape index (κ2) is 14.3. The van der Waals surface area contributed by atoms with Gasteiger partial charge in [-0.1, -0.05) is 45.6 Å². The summed E-state index contributed by atoms with van der Waals surface area (Å²) in [5.74, 6) is 2.76. The van der Waals surface area contributed by atoms with Gasteiger partial charge in [-0.25, -0.2) is 4.79 Å². The molecule has 0 aromatic rings. The van der Waals surface area contributed by atoms with Crippen molar-refractivity contribution in [2.75, 3.05) is 0 Å². The van der Waals surface area contributed by atoms with E-state index in [2.05, 4.69) is 18.4 Å². The van der Waals surface area contributed by atoms with Crippen molar-refractivity contribution < 1.29 is 14.3 Å². The number of hydrogen-bond donors (Lipinski definition) is 0. The number of rotatable bonds is 8. The maximum atomic E-state index is 11.9. The number of carbonyl (C=O) groups is 1. The highest BCUT2D eigenvalue weighted by Crippen LogP contribution is 2.43. The number of esters is 1. The molecule has 0 heterocycles. The Morgan fingerprint density at radius 3 is 1.56 bits per heavy atom. The Morgan fingerprint density at radius 2 is 1.03 bits per heavy atom. The Morgan fingerprint density at radius 1 is 0.590 bits per heavy atom. The molecule has 0 spiro atoms. The van der Waals surface area contributed by atoms with Gasteiger partial charge in [0, 0.05) is 23.7 Å². The van der Waals surface area contributed by atoms with Crippen LogP contribution in [0, 0.1) is 17.8 Å². The highest BCUT2D eigenvalue weighted by molar-refractivity contribution is 5.87. The van der Waals surface area contributed by atoms with Crippen LogP contribution in [0.5, 0.6) is 0 Å². The van der Waals surface area contributed by atoms with Crippen LogP contribution in [0.2, 0.25) is 0 Å². The highest BCUT2D eigenvalue weighted by atomic mass is 16.5. The van der Waals surface area contributed by atoms with Crippen molar-refractivity contribution in [1.82, 2.24) is 4.90 Å². The minimum atomic E-state index is -0.239. The molecule has 5 rings (SSSR count). The van der Waals surface area contributed by atoms with Crippen LogP contribution in [0.3, 0.4) is 0 Å². The van der Waals surface area contributed by atoms with Crippen molar-refractivity contribution in [2.24, 2.45) is 17.8 Å². The van der Waals surface area contributed by atoms with Crippen LogP contribution in [0.1, 0.15) is 149 Å². The molecular formula is C35H59NO3. The van der Waals surface area contributed by atoms with E-state index >= 15 is 0 Å². The maximum absolute atomic E-state index is 11.9. The molecule has 4 nitrogen and oxygen atoms in total. The summed E-state index contributed by atoms with van der Waals surface area (Å²) >= 11 is 0. The molecule has 0 radical (unpaired) electrons. The van der Waals surface area contributed by atoms with E-state index in [1.807, 2.05) is 0 Å². The van der Waals surface area contributed by atoms with Crippen LogP contribution >= 0.6 is 0 Å². The molecule has 0 aliphatic heterocycles. The molecule has 5 fully saturated rings. The minimum Gasteiger partial charge on any atom is -0.459 e. The number of carbonyl (C=O) groups excluding carboxylic acids is 1. The third-order valence-corrected chi connectivity index (χ3v) is 11.6. The normalized spacial score (nSPS) is 38.8. The van der Waals surface area contributed by atoms with Gasteiger partial charge in [-0.15, -0.1) is 0 Å². The van der Waals surface area contributed by atoms with E-state index in [-0.39, 0.29) is 12.1 Å². The van der Waals surface area contributed by atoms with Crippen LogP contribution in [0.15, 0.2) is 12.2 Å². The standard InChI is InChI=1S/C35H59NO3/c1-25(2)35(37)39-34-23-21-33(22-24-34)38-32-19-17-31(18-20-32)36(29-13-9-26(3)10-14-29)30-15-11-28(12-16-30)27-7-5-4-6-8-27/h26-34H,1,4-24H2,2-3H3. The van der Waals surface area contributed by atoms with Gasteiger partial charge in [0.1, 0.15) is 6.10 Å². The van der Waals surface area contributed by atoms with Gasteiger partial charge in [-0.05, 0) is 127 Å². The molecule has 0 aromatic carbocycles. The van der Waals surface area contributed by atoms with Crippen LogP contribution < -0.4 is 0 Å². The predicted molar refractivity (Wildman–Crippen MR) is 160 cm³/mol. The van der Waals surface area contributed by atoms with Crippen molar-refractivity contribution >= 4 is 5.97 Å². The largest absolute Gasteiger partial charge is 0.459 e. The second-order valence-electron chi connectivity index (χ2n) is 14.5. The Balaban J connectivity index is 1.10. The fraction of sp³-hybridized carbons (Fsp3) is 0.914. The van der Waals surface area contributed by atoms with Crippen LogP contribution in [0.25, 0.3) is 0 Å². The summed E-state index contributed by atoms with van der Waals surface area (Å²) < 4.78 is 12.3. The van der Waals surface area contributed by atoms with E-state index in [4.69, 9.17) is 9.47 Å². The van der Waals surface area contributed by atoms with E-state index < -0.39 is 0 Å². The summed E-state index contributed by atoms with van der Waals surface area (Å²) in [6, 6.07) is 2.44. The topological polar surface area (TPSA) is 38.8 Å².